The lowest BCUT2D eigenvalue weighted by atomic mass is 9.74. The third kappa shape index (κ3) is 3.35. The van der Waals surface area contributed by atoms with Gasteiger partial charge in [0.2, 0.25) is 12.7 Å². The lowest BCUT2D eigenvalue weighted by molar-refractivity contribution is -0.126. The molecule has 1 atom stereocenters. The fourth-order valence-corrected chi connectivity index (χ4v) is 4.63. The van der Waals surface area contributed by atoms with Gasteiger partial charge in [0.05, 0.1) is 5.92 Å². The standard InChI is InChI=1S/C21H26N4O4/c1-14-23-24-19-5-2-15(11-25(14)19)20(26)22-12-21(6-8-27-9-7-21)16-3-4-17-18(10-16)29-13-28-17/h3-4,10,15H,2,5-9,11-13H2,1H3,(H,22,26). The second kappa shape index (κ2) is 7.33. The van der Waals surface area contributed by atoms with Crippen molar-refractivity contribution in [2.75, 3.05) is 26.6 Å². The minimum absolute atomic E-state index is 0.0501. The molecule has 1 amide bonds. The van der Waals surface area contributed by atoms with Crippen molar-refractivity contribution in [3.63, 3.8) is 0 Å². The van der Waals surface area contributed by atoms with Crippen molar-refractivity contribution in [1.29, 1.82) is 0 Å². The van der Waals surface area contributed by atoms with Crippen LogP contribution >= 0.6 is 0 Å². The molecule has 1 aromatic heterocycles. The van der Waals surface area contributed by atoms with E-state index < -0.39 is 0 Å². The Balaban J connectivity index is 1.31. The predicted molar refractivity (Wildman–Crippen MR) is 104 cm³/mol. The molecule has 29 heavy (non-hydrogen) atoms. The molecule has 0 spiro atoms. The van der Waals surface area contributed by atoms with Gasteiger partial charge in [0, 0.05) is 38.1 Å². The highest BCUT2D eigenvalue weighted by Crippen LogP contribution is 2.40. The highest BCUT2D eigenvalue weighted by Gasteiger charge is 2.37. The Bertz CT molecular complexity index is 919. The van der Waals surface area contributed by atoms with Crippen LogP contribution in [0.1, 0.15) is 36.5 Å². The molecular formula is C21H26N4O4. The van der Waals surface area contributed by atoms with Gasteiger partial charge in [0.25, 0.3) is 0 Å². The molecule has 0 radical (unpaired) electrons. The molecule has 0 aliphatic carbocycles. The second-order valence-electron chi connectivity index (χ2n) is 8.19. The topological polar surface area (TPSA) is 87.5 Å². The van der Waals surface area contributed by atoms with Crippen molar-refractivity contribution in [2.45, 2.75) is 44.6 Å². The number of carbonyl (C=O) groups is 1. The molecule has 4 heterocycles. The quantitative estimate of drug-likeness (QED) is 0.844. The minimum Gasteiger partial charge on any atom is -0.454 e. The second-order valence-corrected chi connectivity index (χ2v) is 8.19. The van der Waals surface area contributed by atoms with E-state index in [9.17, 15) is 4.79 Å². The van der Waals surface area contributed by atoms with E-state index in [1.807, 2.05) is 13.0 Å². The van der Waals surface area contributed by atoms with Gasteiger partial charge in [-0.25, -0.2) is 0 Å². The van der Waals surface area contributed by atoms with E-state index in [-0.39, 0.29) is 24.0 Å². The Morgan fingerprint density at radius 2 is 2.07 bits per heavy atom. The number of amides is 1. The third-order valence-corrected chi connectivity index (χ3v) is 6.54. The summed E-state index contributed by atoms with van der Waals surface area (Å²) in [6.45, 7) is 4.83. The van der Waals surface area contributed by atoms with E-state index in [4.69, 9.17) is 14.2 Å². The number of benzene rings is 1. The van der Waals surface area contributed by atoms with Crippen LogP contribution in [0.2, 0.25) is 0 Å². The maximum Gasteiger partial charge on any atom is 0.231 e. The Kier molecular flexibility index (Phi) is 4.66. The molecule has 1 unspecified atom stereocenters. The van der Waals surface area contributed by atoms with Crippen molar-refractivity contribution < 1.29 is 19.0 Å². The zero-order chi connectivity index (χ0) is 19.8. The molecular weight excluding hydrogens is 372 g/mol. The number of aryl methyl sites for hydroxylation is 2. The number of nitrogens with zero attached hydrogens (tertiary/aromatic N) is 3. The van der Waals surface area contributed by atoms with E-state index in [0.29, 0.717) is 26.3 Å². The lowest BCUT2D eigenvalue weighted by Crippen LogP contribution is -2.47. The Labute approximate surface area is 169 Å². The van der Waals surface area contributed by atoms with Crippen LogP contribution < -0.4 is 14.8 Å². The van der Waals surface area contributed by atoms with Crippen LogP contribution in [0, 0.1) is 12.8 Å². The Morgan fingerprint density at radius 3 is 2.93 bits per heavy atom. The minimum atomic E-state index is -0.152. The van der Waals surface area contributed by atoms with Gasteiger partial charge >= 0.3 is 0 Å². The van der Waals surface area contributed by atoms with E-state index in [0.717, 1.165) is 48.8 Å². The first-order valence-corrected chi connectivity index (χ1v) is 10.3. The number of nitrogens with one attached hydrogen (secondary N) is 1. The van der Waals surface area contributed by atoms with Crippen LogP contribution in [0.4, 0.5) is 0 Å². The number of carbonyl (C=O) groups excluding carboxylic acids is 1. The van der Waals surface area contributed by atoms with Gasteiger partial charge < -0.3 is 24.1 Å². The summed E-state index contributed by atoms with van der Waals surface area (Å²) in [5, 5.41) is 11.6. The first-order chi connectivity index (χ1) is 14.1. The summed E-state index contributed by atoms with van der Waals surface area (Å²) >= 11 is 0. The third-order valence-electron chi connectivity index (χ3n) is 6.54. The summed E-state index contributed by atoms with van der Waals surface area (Å²) in [7, 11) is 0. The van der Waals surface area contributed by atoms with Crippen molar-refractivity contribution in [3.8, 4) is 11.5 Å². The SMILES string of the molecule is Cc1nnc2n1CC(C(=O)NCC1(c3ccc4c(c3)OCO4)CCOCC1)CC2. The molecule has 2 aromatic rings. The number of hydrogen-bond donors (Lipinski definition) is 1. The van der Waals surface area contributed by atoms with Crippen LogP contribution in [0.5, 0.6) is 11.5 Å². The van der Waals surface area contributed by atoms with E-state index in [1.165, 1.54) is 5.56 Å². The van der Waals surface area contributed by atoms with E-state index in [1.54, 1.807) is 0 Å². The summed E-state index contributed by atoms with van der Waals surface area (Å²) < 4.78 is 18.7. The zero-order valence-corrected chi connectivity index (χ0v) is 16.6. The largest absolute Gasteiger partial charge is 0.454 e. The van der Waals surface area contributed by atoms with Crippen LogP contribution in [0.3, 0.4) is 0 Å². The van der Waals surface area contributed by atoms with Crippen LogP contribution in [-0.4, -0.2) is 47.2 Å². The molecule has 5 rings (SSSR count). The first kappa shape index (κ1) is 18.4. The maximum absolute atomic E-state index is 13.0. The zero-order valence-electron chi connectivity index (χ0n) is 16.6. The fraction of sp³-hybridized carbons (Fsp3) is 0.571. The molecule has 1 N–H and O–H groups in total. The summed E-state index contributed by atoms with van der Waals surface area (Å²) in [5.41, 5.74) is 1.02. The summed E-state index contributed by atoms with van der Waals surface area (Å²) in [6, 6.07) is 6.12. The van der Waals surface area contributed by atoms with Gasteiger partial charge in [0.1, 0.15) is 11.6 Å². The van der Waals surface area contributed by atoms with Crippen LogP contribution in [0.25, 0.3) is 0 Å². The van der Waals surface area contributed by atoms with E-state index >= 15 is 0 Å². The molecule has 0 bridgehead atoms. The highest BCUT2D eigenvalue weighted by molar-refractivity contribution is 5.79. The number of fused-ring (bicyclic) bond motifs is 2. The molecule has 8 nitrogen and oxygen atoms in total. The fourth-order valence-electron chi connectivity index (χ4n) is 4.63. The molecule has 3 aliphatic rings. The molecule has 1 saturated heterocycles. The summed E-state index contributed by atoms with van der Waals surface area (Å²) in [5.74, 6) is 3.47. The first-order valence-electron chi connectivity index (χ1n) is 10.3. The Hall–Kier alpha value is -2.61. The average Bonchev–Trinajstić information content (AvgIpc) is 3.38. The van der Waals surface area contributed by atoms with Gasteiger partial charge in [-0.15, -0.1) is 10.2 Å². The van der Waals surface area contributed by atoms with Crippen molar-refractivity contribution >= 4 is 5.91 Å². The predicted octanol–water partition coefficient (Wildman–Crippen LogP) is 1.74. The number of rotatable bonds is 4. The van der Waals surface area contributed by atoms with Gasteiger partial charge in [-0.3, -0.25) is 4.79 Å². The molecule has 3 aliphatic heterocycles. The van der Waals surface area contributed by atoms with Gasteiger partial charge in [-0.2, -0.15) is 0 Å². The highest BCUT2D eigenvalue weighted by atomic mass is 16.7. The van der Waals surface area contributed by atoms with Crippen molar-refractivity contribution in [1.82, 2.24) is 20.1 Å². The van der Waals surface area contributed by atoms with Gasteiger partial charge in [-0.05, 0) is 43.9 Å². The number of ether oxygens (including phenoxy) is 3. The van der Waals surface area contributed by atoms with Gasteiger partial charge in [-0.1, -0.05) is 6.07 Å². The molecule has 154 valence electrons. The molecule has 1 aromatic carbocycles. The van der Waals surface area contributed by atoms with Crippen molar-refractivity contribution in [3.05, 3.63) is 35.4 Å². The Morgan fingerprint density at radius 1 is 1.24 bits per heavy atom. The summed E-state index contributed by atoms with van der Waals surface area (Å²) in [4.78, 5) is 13.0. The van der Waals surface area contributed by atoms with Crippen LogP contribution in [-0.2, 0) is 27.9 Å². The molecule has 1 fully saturated rings. The lowest BCUT2D eigenvalue weighted by Gasteiger charge is -2.38. The van der Waals surface area contributed by atoms with Crippen molar-refractivity contribution in [2.24, 2.45) is 5.92 Å². The molecule has 0 saturated carbocycles. The smallest absolute Gasteiger partial charge is 0.231 e. The number of hydrogen-bond acceptors (Lipinski definition) is 6. The number of aromatic nitrogens is 3. The normalized spacial score (nSPS) is 22.2. The molecule has 8 heteroatoms. The average molecular weight is 398 g/mol. The summed E-state index contributed by atoms with van der Waals surface area (Å²) in [6.07, 6.45) is 3.34. The monoisotopic (exact) mass is 398 g/mol. The van der Waals surface area contributed by atoms with Gasteiger partial charge in [0.15, 0.2) is 11.5 Å². The van der Waals surface area contributed by atoms with E-state index in [2.05, 4.69) is 32.2 Å². The van der Waals surface area contributed by atoms with Crippen LogP contribution in [0.15, 0.2) is 18.2 Å². The maximum atomic E-state index is 13.0.